The van der Waals surface area contributed by atoms with E-state index in [1.807, 2.05) is 30.3 Å². The number of carbonyl (C=O) groups is 3. The van der Waals surface area contributed by atoms with Gasteiger partial charge in [-0.1, -0.05) is 30.3 Å². The van der Waals surface area contributed by atoms with Gasteiger partial charge in [0.15, 0.2) is 0 Å². The summed E-state index contributed by atoms with van der Waals surface area (Å²) in [7, 11) is 1.59. The van der Waals surface area contributed by atoms with Gasteiger partial charge in [0.25, 0.3) is 0 Å². The Hall–Kier alpha value is -2.77. The standard InChI is InChI=1S/C19H29N3O5/c1-14(21-17(24)27-19(2,3)4)16(23)20-11-12-22(5)18(25)26-13-15-9-7-6-8-10-15/h6-10,14H,11-13H2,1-5H3,(H,20,23)(H,21,24)/t14-/m0/s1. The number of hydrogen-bond acceptors (Lipinski definition) is 5. The van der Waals surface area contributed by atoms with Crippen molar-refractivity contribution < 1.29 is 23.9 Å². The Balaban J connectivity index is 2.27. The highest BCUT2D eigenvalue weighted by molar-refractivity contribution is 5.85. The van der Waals surface area contributed by atoms with Gasteiger partial charge in [-0.15, -0.1) is 0 Å². The van der Waals surface area contributed by atoms with E-state index in [-0.39, 0.29) is 25.6 Å². The molecule has 8 heteroatoms. The molecule has 0 aliphatic rings. The van der Waals surface area contributed by atoms with Crippen LogP contribution in [-0.4, -0.2) is 54.8 Å². The van der Waals surface area contributed by atoms with Gasteiger partial charge < -0.3 is 25.0 Å². The first-order valence-corrected chi connectivity index (χ1v) is 8.77. The molecule has 0 fully saturated rings. The van der Waals surface area contributed by atoms with E-state index in [0.29, 0.717) is 0 Å². The molecular weight excluding hydrogens is 350 g/mol. The Morgan fingerprint density at radius 1 is 1.15 bits per heavy atom. The summed E-state index contributed by atoms with van der Waals surface area (Å²) in [6.45, 7) is 7.47. The lowest BCUT2D eigenvalue weighted by molar-refractivity contribution is -0.122. The normalized spacial score (nSPS) is 11.9. The van der Waals surface area contributed by atoms with Crippen LogP contribution in [0.15, 0.2) is 30.3 Å². The molecule has 1 aromatic rings. The Kier molecular flexibility index (Phi) is 8.58. The van der Waals surface area contributed by atoms with Crippen molar-refractivity contribution >= 4 is 18.1 Å². The number of benzene rings is 1. The molecule has 0 heterocycles. The monoisotopic (exact) mass is 379 g/mol. The quantitative estimate of drug-likeness (QED) is 0.758. The number of rotatable bonds is 7. The molecule has 0 unspecified atom stereocenters. The van der Waals surface area contributed by atoms with Crippen LogP contribution in [0.4, 0.5) is 9.59 Å². The van der Waals surface area contributed by atoms with E-state index in [0.717, 1.165) is 5.56 Å². The minimum atomic E-state index is -0.754. The van der Waals surface area contributed by atoms with Gasteiger partial charge >= 0.3 is 12.2 Å². The second-order valence-corrected chi connectivity index (χ2v) is 7.12. The van der Waals surface area contributed by atoms with Crippen molar-refractivity contribution in [2.45, 2.75) is 45.9 Å². The molecule has 8 nitrogen and oxygen atoms in total. The number of nitrogens with zero attached hydrogens (tertiary/aromatic N) is 1. The number of hydrogen-bond donors (Lipinski definition) is 2. The van der Waals surface area contributed by atoms with Crippen molar-refractivity contribution in [2.75, 3.05) is 20.1 Å². The minimum absolute atomic E-state index is 0.188. The second kappa shape index (κ2) is 10.4. The third-order valence-corrected chi connectivity index (χ3v) is 3.39. The van der Waals surface area contributed by atoms with Crippen molar-refractivity contribution in [3.8, 4) is 0 Å². The summed E-state index contributed by atoms with van der Waals surface area (Å²) >= 11 is 0. The maximum absolute atomic E-state index is 12.0. The highest BCUT2D eigenvalue weighted by Crippen LogP contribution is 2.06. The molecule has 0 spiro atoms. The molecule has 0 aliphatic heterocycles. The SMILES string of the molecule is C[C@H](NC(=O)OC(C)(C)C)C(=O)NCCN(C)C(=O)OCc1ccccc1. The average molecular weight is 379 g/mol. The Bertz CT molecular complexity index is 628. The maximum atomic E-state index is 12.0. The summed E-state index contributed by atoms with van der Waals surface area (Å²) in [6, 6.07) is 8.61. The summed E-state index contributed by atoms with van der Waals surface area (Å²) in [4.78, 5) is 36.9. The van der Waals surface area contributed by atoms with E-state index in [1.54, 1.807) is 34.7 Å². The molecule has 0 saturated carbocycles. The molecule has 0 bridgehead atoms. The van der Waals surface area contributed by atoms with Crippen LogP contribution >= 0.6 is 0 Å². The second-order valence-electron chi connectivity index (χ2n) is 7.12. The third-order valence-electron chi connectivity index (χ3n) is 3.39. The van der Waals surface area contributed by atoms with Gasteiger partial charge in [0, 0.05) is 20.1 Å². The third kappa shape index (κ3) is 9.48. The molecule has 0 radical (unpaired) electrons. The molecule has 0 aliphatic carbocycles. The molecule has 150 valence electrons. The topological polar surface area (TPSA) is 97.0 Å². The number of nitrogens with one attached hydrogen (secondary N) is 2. The Morgan fingerprint density at radius 2 is 1.78 bits per heavy atom. The maximum Gasteiger partial charge on any atom is 0.409 e. The molecule has 1 rings (SSSR count). The van der Waals surface area contributed by atoms with Gasteiger partial charge in [0.1, 0.15) is 18.2 Å². The van der Waals surface area contributed by atoms with Crippen LogP contribution < -0.4 is 10.6 Å². The van der Waals surface area contributed by atoms with Crippen LogP contribution in [0.5, 0.6) is 0 Å². The molecule has 2 N–H and O–H groups in total. The number of alkyl carbamates (subject to hydrolysis) is 1. The number of ether oxygens (including phenoxy) is 2. The fraction of sp³-hybridized carbons (Fsp3) is 0.526. The van der Waals surface area contributed by atoms with E-state index in [1.165, 1.54) is 4.90 Å². The van der Waals surface area contributed by atoms with E-state index < -0.39 is 23.8 Å². The smallest absolute Gasteiger partial charge is 0.409 e. The molecule has 1 atom stereocenters. The van der Waals surface area contributed by atoms with E-state index in [2.05, 4.69) is 10.6 Å². The van der Waals surface area contributed by atoms with Crippen molar-refractivity contribution in [3.63, 3.8) is 0 Å². The van der Waals surface area contributed by atoms with Crippen LogP contribution in [0.1, 0.15) is 33.3 Å². The zero-order valence-corrected chi connectivity index (χ0v) is 16.6. The number of likely N-dealkylation sites (N-methyl/N-ethyl adjacent to an activating group) is 1. The highest BCUT2D eigenvalue weighted by Gasteiger charge is 2.21. The summed E-state index contributed by atoms with van der Waals surface area (Å²) in [5.41, 5.74) is 0.262. The zero-order valence-electron chi connectivity index (χ0n) is 16.6. The first kappa shape index (κ1) is 22.3. The molecule has 0 aromatic heterocycles. The Morgan fingerprint density at radius 3 is 2.37 bits per heavy atom. The molecule has 0 saturated heterocycles. The number of carbonyl (C=O) groups excluding carboxylic acids is 3. The van der Waals surface area contributed by atoms with Gasteiger partial charge in [-0.2, -0.15) is 0 Å². The predicted molar refractivity (Wildman–Crippen MR) is 101 cm³/mol. The van der Waals surface area contributed by atoms with Crippen LogP contribution in [0.2, 0.25) is 0 Å². The lowest BCUT2D eigenvalue weighted by atomic mass is 10.2. The summed E-state index contributed by atoms with van der Waals surface area (Å²) < 4.78 is 10.3. The molecule has 27 heavy (non-hydrogen) atoms. The van der Waals surface area contributed by atoms with Crippen LogP contribution in [0, 0.1) is 0 Å². The summed E-state index contributed by atoms with van der Waals surface area (Å²) in [5.74, 6) is -0.369. The van der Waals surface area contributed by atoms with E-state index >= 15 is 0 Å². The lowest BCUT2D eigenvalue weighted by Gasteiger charge is -2.22. The summed E-state index contributed by atoms with van der Waals surface area (Å²) in [5, 5.41) is 5.11. The van der Waals surface area contributed by atoms with Crippen molar-refractivity contribution in [3.05, 3.63) is 35.9 Å². The van der Waals surface area contributed by atoms with Gasteiger partial charge in [-0.05, 0) is 33.3 Å². The Labute approximate surface area is 160 Å². The van der Waals surface area contributed by atoms with Gasteiger partial charge in [-0.3, -0.25) is 4.79 Å². The zero-order chi connectivity index (χ0) is 20.4. The average Bonchev–Trinajstić information content (AvgIpc) is 2.58. The van der Waals surface area contributed by atoms with Gasteiger partial charge in [-0.25, -0.2) is 9.59 Å². The van der Waals surface area contributed by atoms with Crippen LogP contribution in [0.25, 0.3) is 0 Å². The fourth-order valence-corrected chi connectivity index (χ4v) is 1.97. The molecule has 3 amide bonds. The number of amides is 3. The minimum Gasteiger partial charge on any atom is -0.445 e. The van der Waals surface area contributed by atoms with Crippen molar-refractivity contribution in [1.82, 2.24) is 15.5 Å². The van der Waals surface area contributed by atoms with E-state index in [4.69, 9.17) is 9.47 Å². The van der Waals surface area contributed by atoms with Gasteiger partial charge in [0.2, 0.25) is 5.91 Å². The summed E-state index contributed by atoms with van der Waals surface area (Å²) in [6.07, 6.45) is -1.14. The van der Waals surface area contributed by atoms with Crippen LogP contribution in [-0.2, 0) is 20.9 Å². The fourth-order valence-electron chi connectivity index (χ4n) is 1.97. The van der Waals surface area contributed by atoms with Gasteiger partial charge in [0.05, 0.1) is 0 Å². The van der Waals surface area contributed by atoms with Crippen molar-refractivity contribution in [2.24, 2.45) is 0 Å². The first-order valence-electron chi connectivity index (χ1n) is 8.77. The van der Waals surface area contributed by atoms with Crippen molar-refractivity contribution in [1.29, 1.82) is 0 Å². The highest BCUT2D eigenvalue weighted by atomic mass is 16.6. The van der Waals surface area contributed by atoms with E-state index in [9.17, 15) is 14.4 Å². The molecule has 1 aromatic carbocycles. The largest absolute Gasteiger partial charge is 0.445 e. The van der Waals surface area contributed by atoms with Crippen LogP contribution in [0.3, 0.4) is 0 Å². The lowest BCUT2D eigenvalue weighted by Crippen LogP contribution is -2.48. The first-order chi connectivity index (χ1) is 12.6. The molecular formula is C19H29N3O5. The predicted octanol–water partition coefficient (Wildman–Crippen LogP) is 2.28.